The van der Waals surface area contributed by atoms with Crippen molar-refractivity contribution in [1.82, 2.24) is 4.98 Å². The van der Waals surface area contributed by atoms with E-state index in [-0.39, 0.29) is 12.2 Å². The summed E-state index contributed by atoms with van der Waals surface area (Å²) >= 11 is 8.40. The Morgan fingerprint density at radius 3 is 2.25 bits per heavy atom. The molecule has 36 heavy (non-hydrogen) atoms. The SMILES string of the molecule is CSc1ccc(-c2ccc(-c3cc4cc(COc5ccc(C)c(C(=O)O)c5)[nH]c4cc3Cl)cc2)cc1. The number of carboxylic acids is 1. The molecule has 0 bridgehead atoms. The van der Waals surface area contributed by atoms with E-state index in [2.05, 4.69) is 65.8 Å². The normalized spacial score (nSPS) is 11.1. The Balaban J connectivity index is 1.36. The van der Waals surface area contributed by atoms with Gasteiger partial charge in [-0.2, -0.15) is 0 Å². The van der Waals surface area contributed by atoms with Crippen LogP contribution in [-0.2, 0) is 6.61 Å². The predicted molar refractivity (Wildman–Crippen MR) is 148 cm³/mol. The lowest BCUT2D eigenvalue weighted by molar-refractivity contribution is 0.0695. The maximum Gasteiger partial charge on any atom is 0.336 e. The third-order valence-electron chi connectivity index (χ3n) is 6.22. The maximum atomic E-state index is 11.4. The van der Waals surface area contributed by atoms with E-state index in [0.29, 0.717) is 16.3 Å². The number of carboxylic acid groups (broad SMARTS) is 1. The molecule has 0 aliphatic heterocycles. The molecule has 0 unspecified atom stereocenters. The molecule has 0 aliphatic carbocycles. The van der Waals surface area contributed by atoms with E-state index in [9.17, 15) is 9.90 Å². The molecule has 2 N–H and O–H groups in total. The summed E-state index contributed by atoms with van der Waals surface area (Å²) in [4.78, 5) is 16.0. The molecule has 0 saturated carbocycles. The van der Waals surface area contributed by atoms with E-state index in [1.807, 2.05) is 12.1 Å². The van der Waals surface area contributed by atoms with Gasteiger partial charge in [-0.05, 0) is 77.9 Å². The number of thioether (sulfide) groups is 1. The van der Waals surface area contributed by atoms with Crippen molar-refractivity contribution >= 4 is 40.2 Å². The largest absolute Gasteiger partial charge is 0.487 e. The average molecular weight is 514 g/mol. The van der Waals surface area contributed by atoms with Crippen LogP contribution in [0, 0.1) is 6.92 Å². The smallest absolute Gasteiger partial charge is 0.336 e. The third kappa shape index (κ3) is 4.99. The molecule has 0 saturated heterocycles. The summed E-state index contributed by atoms with van der Waals surface area (Å²) in [5, 5.41) is 11.0. The van der Waals surface area contributed by atoms with E-state index in [1.165, 1.54) is 10.5 Å². The number of hydrogen-bond acceptors (Lipinski definition) is 3. The van der Waals surface area contributed by atoms with Gasteiger partial charge in [0.25, 0.3) is 0 Å². The quantitative estimate of drug-likeness (QED) is 0.214. The second-order valence-electron chi connectivity index (χ2n) is 8.59. The molecule has 5 aromatic rings. The lowest BCUT2D eigenvalue weighted by Gasteiger charge is -2.08. The van der Waals surface area contributed by atoms with Gasteiger partial charge in [-0.3, -0.25) is 0 Å². The molecule has 0 spiro atoms. The van der Waals surface area contributed by atoms with Crippen molar-refractivity contribution in [3.05, 3.63) is 107 Å². The summed E-state index contributed by atoms with van der Waals surface area (Å²) in [6.07, 6.45) is 2.08. The number of hydrogen-bond donors (Lipinski definition) is 2. The van der Waals surface area contributed by atoms with Crippen molar-refractivity contribution in [3.8, 4) is 28.0 Å². The topological polar surface area (TPSA) is 62.3 Å². The summed E-state index contributed by atoms with van der Waals surface area (Å²) in [7, 11) is 0. The van der Waals surface area contributed by atoms with Crippen LogP contribution in [0.5, 0.6) is 5.75 Å². The van der Waals surface area contributed by atoms with Gasteiger partial charge in [0.15, 0.2) is 0 Å². The van der Waals surface area contributed by atoms with Gasteiger partial charge >= 0.3 is 5.97 Å². The Morgan fingerprint density at radius 1 is 0.917 bits per heavy atom. The first-order valence-corrected chi connectivity index (χ1v) is 13.0. The Labute approximate surface area is 218 Å². The van der Waals surface area contributed by atoms with Crippen molar-refractivity contribution in [2.75, 3.05) is 6.26 Å². The van der Waals surface area contributed by atoms with Gasteiger partial charge in [0.2, 0.25) is 0 Å². The van der Waals surface area contributed by atoms with Gasteiger partial charge in [0.1, 0.15) is 12.4 Å². The molecule has 4 aromatic carbocycles. The van der Waals surface area contributed by atoms with Gasteiger partial charge in [-0.15, -0.1) is 11.8 Å². The monoisotopic (exact) mass is 513 g/mol. The van der Waals surface area contributed by atoms with Gasteiger partial charge in [0.05, 0.1) is 16.3 Å². The minimum atomic E-state index is -0.965. The molecule has 5 rings (SSSR count). The first kappa shape index (κ1) is 24.0. The maximum absolute atomic E-state index is 11.4. The van der Waals surface area contributed by atoms with Crippen LogP contribution in [0.15, 0.2) is 89.8 Å². The molecule has 0 fully saturated rings. The Hall–Kier alpha value is -3.67. The van der Waals surface area contributed by atoms with Crippen molar-refractivity contribution in [1.29, 1.82) is 0 Å². The number of halogens is 1. The van der Waals surface area contributed by atoms with Crippen LogP contribution in [0.2, 0.25) is 5.02 Å². The number of aromatic carboxylic acids is 1. The lowest BCUT2D eigenvalue weighted by Crippen LogP contribution is -2.01. The van der Waals surface area contributed by atoms with E-state index >= 15 is 0 Å². The van der Waals surface area contributed by atoms with Crippen LogP contribution in [0.1, 0.15) is 21.6 Å². The number of nitrogens with one attached hydrogen (secondary N) is 1. The Bertz CT molecular complexity index is 1560. The average Bonchev–Trinajstić information content (AvgIpc) is 3.29. The van der Waals surface area contributed by atoms with Crippen molar-refractivity contribution in [2.24, 2.45) is 0 Å². The fourth-order valence-electron chi connectivity index (χ4n) is 4.22. The van der Waals surface area contributed by atoms with Crippen LogP contribution in [0.4, 0.5) is 0 Å². The summed E-state index contributed by atoms with van der Waals surface area (Å²) < 4.78 is 5.85. The summed E-state index contributed by atoms with van der Waals surface area (Å²) in [5.74, 6) is -0.453. The number of benzene rings is 4. The fourth-order valence-corrected chi connectivity index (χ4v) is 4.90. The number of fused-ring (bicyclic) bond motifs is 1. The van der Waals surface area contributed by atoms with Crippen molar-refractivity contribution in [3.63, 3.8) is 0 Å². The van der Waals surface area contributed by atoms with E-state index < -0.39 is 5.97 Å². The summed E-state index contributed by atoms with van der Waals surface area (Å²) in [5.41, 5.74) is 7.08. The van der Waals surface area contributed by atoms with Gasteiger partial charge in [0, 0.05) is 21.4 Å². The molecule has 1 heterocycles. The van der Waals surface area contributed by atoms with Crippen LogP contribution in [-0.4, -0.2) is 22.3 Å². The first-order valence-electron chi connectivity index (χ1n) is 11.4. The predicted octanol–water partition coefficient (Wildman–Crippen LogP) is 8.46. The molecule has 0 aliphatic rings. The number of rotatable bonds is 7. The number of ether oxygens (including phenoxy) is 1. The highest BCUT2D eigenvalue weighted by Gasteiger charge is 2.11. The highest BCUT2D eigenvalue weighted by atomic mass is 35.5. The second kappa shape index (κ2) is 10.1. The number of aromatic amines is 1. The molecular weight excluding hydrogens is 490 g/mol. The number of aryl methyl sites for hydroxylation is 1. The molecule has 180 valence electrons. The Kier molecular flexibility index (Phi) is 6.77. The van der Waals surface area contributed by atoms with Crippen molar-refractivity contribution < 1.29 is 14.6 Å². The zero-order valence-electron chi connectivity index (χ0n) is 19.8. The van der Waals surface area contributed by atoms with E-state index in [1.54, 1.807) is 36.9 Å². The van der Waals surface area contributed by atoms with Crippen LogP contribution in [0.25, 0.3) is 33.2 Å². The van der Waals surface area contributed by atoms with E-state index in [0.717, 1.165) is 33.3 Å². The summed E-state index contributed by atoms with van der Waals surface area (Å²) in [6.45, 7) is 2.05. The van der Waals surface area contributed by atoms with E-state index in [4.69, 9.17) is 16.3 Å². The molecule has 0 amide bonds. The minimum Gasteiger partial charge on any atom is -0.487 e. The number of H-pyrrole nitrogens is 1. The number of aromatic nitrogens is 1. The molecular formula is C30H24ClNO3S. The Morgan fingerprint density at radius 2 is 1.58 bits per heavy atom. The lowest BCUT2D eigenvalue weighted by atomic mass is 9.99. The molecule has 0 radical (unpaired) electrons. The molecule has 6 heteroatoms. The first-order chi connectivity index (χ1) is 17.4. The number of carbonyl (C=O) groups is 1. The highest BCUT2D eigenvalue weighted by Crippen LogP contribution is 2.34. The van der Waals surface area contributed by atoms with Gasteiger partial charge in [-0.1, -0.05) is 54.1 Å². The zero-order chi connectivity index (χ0) is 25.2. The standard InChI is InChI=1S/C30H24ClNO3S/c1-18-3-10-24(15-26(18)30(33)34)35-17-23-13-22-14-27(28(31)16-29(22)32-23)21-6-4-19(5-7-21)20-8-11-25(36-2)12-9-20/h3-16,32H,17H2,1-2H3,(H,33,34). The van der Waals surface area contributed by atoms with Crippen LogP contribution >= 0.6 is 23.4 Å². The van der Waals surface area contributed by atoms with Crippen LogP contribution in [0.3, 0.4) is 0 Å². The molecule has 0 atom stereocenters. The zero-order valence-corrected chi connectivity index (χ0v) is 21.4. The summed E-state index contributed by atoms with van der Waals surface area (Å²) in [6, 6.07) is 28.1. The third-order valence-corrected chi connectivity index (χ3v) is 7.27. The van der Waals surface area contributed by atoms with Crippen LogP contribution < -0.4 is 4.74 Å². The van der Waals surface area contributed by atoms with Gasteiger partial charge < -0.3 is 14.8 Å². The minimum absolute atomic E-state index is 0.239. The highest BCUT2D eigenvalue weighted by molar-refractivity contribution is 7.98. The van der Waals surface area contributed by atoms with Crippen molar-refractivity contribution in [2.45, 2.75) is 18.4 Å². The molecule has 1 aromatic heterocycles. The second-order valence-corrected chi connectivity index (χ2v) is 9.88. The fraction of sp³-hybridized carbons (Fsp3) is 0.100. The van der Waals surface area contributed by atoms with Gasteiger partial charge in [-0.25, -0.2) is 4.79 Å². The molecule has 4 nitrogen and oxygen atoms in total.